The summed E-state index contributed by atoms with van der Waals surface area (Å²) < 4.78 is 0. The Morgan fingerprint density at radius 2 is 1.19 bits per heavy atom. The Morgan fingerprint density at radius 3 is 1.59 bits per heavy atom. The van der Waals surface area contributed by atoms with Gasteiger partial charge in [0.2, 0.25) is 0 Å². The second kappa shape index (κ2) is 5.48. The van der Waals surface area contributed by atoms with Gasteiger partial charge >= 0.3 is 0 Å². The van der Waals surface area contributed by atoms with Crippen LogP contribution in [0.15, 0.2) is 59.7 Å². The Balaban J connectivity index is 1.95. The van der Waals surface area contributed by atoms with Crippen LogP contribution >= 0.6 is 0 Å². The minimum Gasteiger partial charge on any atom is -0.356 e. The molecule has 2 N–H and O–H groups in total. The average Bonchev–Trinajstić information content (AvgIpc) is 2.55. The lowest BCUT2D eigenvalue weighted by Gasteiger charge is -2.43. The molecule has 0 saturated heterocycles. The standard InChI is InChI=1S/C24H28N2O/c1-22(2,3)16-13-24(14-17(21(16)27)23(4,5)6)25-18-11-7-9-15-10-8-12-19(26-24)20(15)18/h7-14,25-26H,1-6H3. The second-order valence-electron chi connectivity index (χ2n) is 9.77. The molecule has 0 saturated carbocycles. The van der Waals surface area contributed by atoms with Crippen LogP contribution in [-0.2, 0) is 4.79 Å². The van der Waals surface area contributed by atoms with Crippen molar-refractivity contribution in [3.63, 3.8) is 0 Å². The molecule has 1 spiro atoms. The van der Waals surface area contributed by atoms with Crippen molar-refractivity contribution < 1.29 is 4.79 Å². The molecule has 1 aliphatic heterocycles. The van der Waals surface area contributed by atoms with Crippen molar-refractivity contribution in [3.8, 4) is 0 Å². The molecule has 2 aromatic carbocycles. The first-order valence-electron chi connectivity index (χ1n) is 9.60. The SMILES string of the molecule is CC(C)(C)C1=CC2(C=C(C(C)(C)C)C1=O)Nc1cccc3cccc(c13)N2. The van der Waals surface area contributed by atoms with Gasteiger partial charge in [-0.25, -0.2) is 0 Å². The number of carbonyl (C=O) groups is 1. The van der Waals surface area contributed by atoms with Gasteiger partial charge in [0.15, 0.2) is 5.78 Å². The third kappa shape index (κ3) is 2.86. The minimum absolute atomic E-state index is 0.154. The van der Waals surface area contributed by atoms with Gasteiger partial charge in [0.25, 0.3) is 0 Å². The molecule has 140 valence electrons. The highest BCUT2D eigenvalue weighted by molar-refractivity contribution is 6.12. The quantitative estimate of drug-likeness (QED) is 0.614. The fraction of sp³-hybridized carbons (Fsp3) is 0.375. The summed E-state index contributed by atoms with van der Waals surface area (Å²) in [6.07, 6.45) is 4.17. The van der Waals surface area contributed by atoms with E-state index < -0.39 is 5.66 Å². The summed E-state index contributed by atoms with van der Waals surface area (Å²) in [6, 6.07) is 12.6. The largest absolute Gasteiger partial charge is 0.356 e. The van der Waals surface area contributed by atoms with E-state index in [2.05, 4.69) is 101 Å². The Labute approximate surface area is 161 Å². The lowest BCUT2D eigenvalue weighted by atomic mass is 9.70. The van der Waals surface area contributed by atoms with Crippen molar-refractivity contribution in [2.45, 2.75) is 47.2 Å². The number of hydrogen-bond donors (Lipinski definition) is 2. The number of nitrogens with one attached hydrogen (secondary N) is 2. The van der Waals surface area contributed by atoms with Crippen molar-refractivity contribution >= 4 is 27.9 Å². The average molecular weight is 361 g/mol. The predicted molar refractivity (Wildman–Crippen MR) is 114 cm³/mol. The molecule has 0 atom stereocenters. The van der Waals surface area contributed by atoms with E-state index in [-0.39, 0.29) is 16.6 Å². The van der Waals surface area contributed by atoms with Crippen LogP contribution in [0.25, 0.3) is 10.8 Å². The molecule has 0 unspecified atom stereocenters. The number of Topliss-reactive ketones (excluding diaryl/α,β-unsaturated/α-hetero) is 1. The number of allylic oxidation sites excluding steroid dienone is 2. The maximum atomic E-state index is 13.3. The van der Waals surface area contributed by atoms with E-state index in [1.54, 1.807) is 0 Å². The number of carbonyl (C=O) groups excluding carboxylic acids is 1. The molecule has 0 bridgehead atoms. The molecule has 2 aliphatic rings. The van der Waals surface area contributed by atoms with E-state index in [9.17, 15) is 4.79 Å². The molecule has 1 aliphatic carbocycles. The number of ketones is 1. The van der Waals surface area contributed by atoms with Crippen LogP contribution in [0.3, 0.4) is 0 Å². The van der Waals surface area contributed by atoms with Crippen molar-refractivity contribution in [2.24, 2.45) is 10.8 Å². The van der Waals surface area contributed by atoms with Gasteiger partial charge in [0, 0.05) is 27.9 Å². The van der Waals surface area contributed by atoms with E-state index in [1.165, 1.54) is 10.8 Å². The molecule has 0 radical (unpaired) electrons. The van der Waals surface area contributed by atoms with E-state index in [0.717, 1.165) is 22.5 Å². The molecule has 0 amide bonds. The van der Waals surface area contributed by atoms with E-state index in [4.69, 9.17) is 0 Å². The lowest BCUT2D eigenvalue weighted by Crippen LogP contribution is -2.49. The van der Waals surface area contributed by atoms with Gasteiger partial charge in [0.05, 0.1) is 0 Å². The smallest absolute Gasteiger partial charge is 0.185 e. The number of anilines is 2. The molecule has 1 heterocycles. The zero-order valence-corrected chi connectivity index (χ0v) is 17.0. The van der Waals surface area contributed by atoms with Crippen LogP contribution in [-0.4, -0.2) is 11.4 Å². The molecular formula is C24H28N2O. The maximum Gasteiger partial charge on any atom is 0.185 e. The first kappa shape index (κ1) is 17.8. The van der Waals surface area contributed by atoms with E-state index in [1.807, 2.05) is 0 Å². The van der Waals surface area contributed by atoms with Gasteiger partial charge in [-0.3, -0.25) is 4.79 Å². The van der Waals surface area contributed by atoms with Gasteiger partial charge < -0.3 is 10.6 Å². The Bertz CT molecular complexity index is 936. The third-order valence-electron chi connectivity index (χ3n) is 5.44. The van der Waals surface area contributed by atoms with Crippen LogP contribution < -0.4 is 10.6 Å². The Morgan fingerprint density at radius 1 is 0.741 bits per heavy atom. The number of hydrogen-bond acceptors (Lipinski definition) is 3. The highest BCUT2D eigenvalue weighted by atomic mass is 16.1. The third-order valence-corrected chi connectivity index (χ3v) is 5.44. The zero-order chi connectivity index (χ0) is 19.6. The maximum absolute atomic E-state index is 13.3. The van der Waals surface area contributed by atoms with Gasteiger partial charge in [-0.15, -0.1) is 0 Å². The fourth-order valence-electron chi connectivity index (χ4n) is 4.06. The lowest BCUT2D eigenvalue weighted by molar-refractivity contribution is -0.114. The monoisotopic (exact) mass is 360 g/mol. The van der Waals surface area contributed by atoms with Gasteiger partial charge in [-0.05, 0) is 40.5 Å². The summed E-state index contributed by atoms with van der Waals surface area (Å²) in [6.45, 7) is 12.6. The molecule has 0 aromatic heterocycles. The molecule has 3 nitrogen and oxygen atoms in total. The molecule has 3 heteroatoms. The number of rotatable bonds is 0. The zero-order valence-electron chi connectivity index (χ0n) is 17.0. The second-order valence-corrected chi connectivity index (χ2v) is 9.77. The Hall–Kier alpha value is -2.55. The van der Waals surface area contributed by atoms with Crippen molar-refractivity contribution in [1.82, 2.24) is 0 Å². The van der Waals surface area contributed by atoms with Crippen LogP contribution in [0.4, 0.5) is 11.4 Å². The fourth-order valence-corrected chi connectivity index (χ4v) is 4.06. The van der Waals surface area contributed by atoms with Gasteiger partial charge in [-0.2, -0.15) is 0 Å². The summed E-state index contributed by atoms with van der Waals surface area (Å²) in [5, 5.41) is 9.76. The molecule has 4 rings (SSSR count). The van der Waals surface area contributed by atoms with E-state index in [0.29, 0.717) is 0 Å². The van der Waals surface area contributed by atoms with Crippen molar-refractivity contribution in [1.29, 1.82) is 0 Å². The molecular weight excluding hydrogens is 332 g/mol. The van der Waals surface area contributed by atoms with Crippen LogP contribution in [0.5, 0.6) is 0 Å². The van der Waals surface area contributed by atoms with Crippen molar-refractivity contribution in [3.05, 3.63) is 59.7 Å². The number of benzene rings is 2. The van der Waals surface area contributed by atoms with Crippen molar-refractivity contribution in [2.75, 3.05) is 10.6 Å². The summed E-state index contributed by atoms with van der Waals surface area (Å²) in [5.74, 6) is 0.154. The summed E-state index contributed by atoms with van der Waals surface area (Å²) in [7, 11) is 0. The highest BCUT2D eigenvalue weighted by Crippen LogP contribution is 2.45. The molecule has 27 heavy (non-hydrogen) atoms. The predicted octanol–water partition coefficient (Wildman–Crippen LogP) is 5.90. The van der Waals surface area contributed by atoms with Crippen LogP contribution in [0.1, 0.15) is 41.5 Å². The topological polar surface area (TPSA) is 41.1 Å². The summed E-state index contributed by atoms with van der Waals surface area (Å²) >= 11 is 0. The normalized spacial score (nSPS) is 18.7. The highest BCUT2D eigenvalue weighted by Gasteiger charge is 2.42. The van der Waals surface area contributed by atoms with Gasteiger partial charge in [-0.1, -0.05) is 65.8 Å². The Kier molecular flexibility index (Phi) is 3.62. The first-order chi connectivity index (χ1) is 12.5. The summed E-state index contributed by atoms with van der Waals surface area (Å²) in [5.41, 5.74) is 2.79. The molecule has 0 fully saturated rings. The van der Waals surface area contributed by atoms with E-state index >= 15 is 0 Å². The molecule has 2 aromatic rings. The minimum atomic E-state index is -0.609. The first-order valence-corrected chi connectivity index (χ1v) is 9.60. The summed E-state index contributed by atoms with van der Waals surface area (Å²) in [4.78, 5) is 13.3. The van der Waals surface area contributed by atoms with Gasteiger partial charge in [0.1, 0.15) is 5.66 Å². The van der Waals surface area contributed by atoms with Crippen LogP contribution in [0, 0.1) is 10.8 Å². The van der Waals surface area contributed by atoms with Crippen LogP contribution in [0.2, 0.25) is 0 Å².